The lowest BCUT2D eigenvalue weighted by Gasteiger charge is -2.08. The van der Waals surface area contributed by atoms with Gasteiger partial charge in [0.2, 0.25) is 11.0 Å². The number of pyridine rings is 1. The van der Waals surface area contributed by atoms with E-state index in [1.165, 1.54) is 6.26 Å². The fourth-order valence-electron chi connectivity index (χ4n) is 2.59. The number of aromatic nitrogens is 1. The molecule has 0 fully saturated rings. The van der Waals surface area contributed by atoms with E-state index in [1.54, 1.807) is 0 Å². The van der Waals surface area contributed by atoms with Gasteiger partial charge in [-0.25, -0.2) is 8.42 Å². The highest BCUT2D eigenvalue weighted by Crippen LogP contribution is 2.28. The van der Waals surface area contributed by atoms with Crippen molar-refractivity contribution in [2.45, 2.75) is 4.90 Å². The lowest BCUT2D eigenvalue weighted by atomic mass is 10.1. The molecule has 3 nitrogen and oxygen atoms in total. The van der Waals surface area contributed by atoms with E-state index in [-0.39, 0.29) is 0 Å². The van der Waals surface area contributed by atoms with E-state index in [9.17, 15) is 8.42 Å². The van der Waals surface area contributed by atoms with Gasteiger partial charge < -0.3 is 0 Å². The van der Waals surface area contributed by atoms with Crippen LogP contribution in [0.4, 0.5) is 0 Å². The van der Waals surface area contributed by atoms with Crippen LogP contribution in [0.15, 0.2) is 53.4 Å². The van der Waals surface area contributed by atoms with E-state index in [1.807, 2.05) is 60.1 Å². The van der Waals surface area contributed by atoms with Crippen molar-refractivity contribution in [3.8, 4) is 0 Å². The average molecular weight is 272 g/mol. The third kappa shape index (κ3) is 1.79. The number of hydrogen-bond donors (Lipinski definition) is 0. The van der Waals surface area contributed by atoms with Gasteiger partial charge in [0.05, 0.1) is 15.7 Å². The average Bonchev–Trinajstić information content (AvgIpc) is 2.38. The molecule has 0 aliphatic heterocycles. The van der Waals surface area contributed by atoms with Crippen LogP contribution in [0.2, 0.25) is 0 Å². The lowest BCUT2D eigenvalue weighted by Crippen LogP contribution is -2.31. The lowest BCUT2D eigenvalue weighted by molar-refractivity contribution is -0.617. The Morgan fingerprint density at radius 1 is 0.842 bits per heavy atom. The van der Waals surface area contributed by atoms with Crippen LogP contribution in [-0.4, -0.2) is 14.7 Å². The summed E-state index contributed by atoms with van der Waals surface area (Å²) in [5, 5.41) is 1.54. The molecular formula is C15H14NO2S+. The van der Waals surface area contributed by atoms with Crippen molar-refractivity contribution in [2.75, 3.05) is 6.26 Å². The molecule has 0 N–H and O–H groups in total. The molecule has 0 amide bonds. The Balaban J connectivity index is 2.73. The Labute approximate surface area is 112 Å². The maximum absolute atomic E-state index is 12.2. The summed E-state index contributed by atoms with van der Waals surface area (Å²) < 4.78 is 26.4. The SMILES string of the molecule is C[n+]1c2ccccc2c(S(C)(=O)=O)c2ccccc21. The summed E-state index contributed by atoms with van der Waals surface area (Å²) in [6.45, 7) is 0. The van der Waals surface area contributed by atoms with Gasteiger partial charge in [-0.3, -0.25) is 0 Å². The summed E-state index contributed by atoms with van der Waals surface area (Å²) in [6, 6.07) is 15.2. The largest absolute Gasteiger partial charge is 0.224 e. The molecule has 4 heteroatoms. The fraction of sp³-hybridized carbons (Fsp3) is 0.133. The summed E-state index contributed by atoms with van der Waals surface area (Å²) in [6.07, 6.45) is 1.27. The van der Waals surface area contributed by atoms with Crippen molar-refractivity contribution in [2.24, 2.45) is 7.05 Å². The minimum Gasteiger partial charge on any atom is -0.224 e. The zero-order valence-corrected chi connectivity index (χ0v) is 11.6. The smallest absolute Gasteiger partial charge is 0.214 e. The van der Waals surface area contributed by atoms with Gasteiger partial charge in [-0.05, 0) is 12.1 Å². The van der Waals surface area contributed by atoms with Crippen molar-refractivity contribution in [1.82, 2.24) is 0 Å². The minimum atomic E-state index is -3.29. The maximum atomic E-state index is 12.2. The van der Waals surface area contributed by atoms with Gasteiger partial charge in [0.1, 0.15) is 7.05 Å². The van der Waals surface area contributed by atoms with Gasteiger partial charge in [0.25, 0.3) is 0 Å². The molecule has 0 atom stereocenters. The number of rotatable bonds is 1. The highest BCUT2D eigenvalue weighted by Gasteiger charge is 2.22. The predicted molar refractivity (Wildman–Crippen MR) is 75.7 cm³/mol. The van der Waals surface area contributed by atoms with Crippen molar-refractivity contribution in [3.63, 3.8) is 0 Å². The van der Waals surface area contributed by atoms with Crippen LogP contribution >= 0.6 is 0 Å². The minimum absolute atomic E-state index is 0.414. The quantitative estimate of drug-likeness (QED) is 0.503. The zero-order chi connectivity index (χ0) is 13.6. The van der Waals surface area contributed by atoms with Crippen LogP contribution in [0, 0.1) is 0 Å². The molecule has 3 rings (SSSR count). The van der Waals surface area contributed by atoms with Crippen molar-refractivity contribution in [1.29, 1.82) is 0 Å². The molecule has 0 radical (unpaired) electrons. The highest BCUT2D eigenvalue weighted by molar-refractivity contribution is 7.91. The predicted octanol–water partition coefficient (Wildman–Crippen LogP) is 2.22. The Morgan fingerprint density at radius 2 is 1.26 bits per heavy atom. The van der Waals surface area contributed by atoms with Crippen LogP contribution in [-0.2, 0) is 16.9 Å². The van der Waals surface area contributed by atoms with Gasteiger partial charge in [-0.1, -0.05) is 24.3 Å². The molecule has 1 aromatic heterocycles. The van der Waals surface area contributed by atoms with Gasteiger partial charge in [-0.15, -0.1) is 0 Å². The molecule has 19 heavy (non-hydrogen) atoms. The standard InChI is InChI=1S/C15H14NO2S/c1-16-13-9-5-3-7-11(13)15(19(2,17)18)12-8-4-6-10-14(12)16/h3-10H,1-2H3/q+1. The van der Waals surface area contributed by atoms with Crippen molar-refractivity contribution in [3.05, 3.63) is 48.5 Å². The Hall–Kier alpha value is -1.94. The molecule has 0 aliphatic rings. The zero-order valence-electron chi connectivity index (χ0n) is 10.8. The topological polar surface area (TPSA) is 38.0 Å². The number of hydrogen-bond acceptors (Lipinski definition) is 2. The second kappa shape index (κ2) is 4.03. The Morgan fingerprint density at radius 3 is 1.68 bits per heavy atom. The third-order valence-corrected chi connectivity index (χ3v) is 4.57. The number of aryl methyl sites for hydroxylation is 1. The summed E-state index contributed by atoms with van der Waals surface area (Å²) in [7, 11) is -1.33. The molecule has 0 unspecified atom stereocenters. The molecule has 0 saturated carbocycles. The molecule has 3 aromatic rings. The number of fused-ring (bicyclic) bond motifs is 2. The Kier molecular flexibility index (Phi) is 2.57. The van der Waals surface area contributed by atoms with E-state index >= 15 is 0 Å². The van der Waals surface area contributed by atoms with E-state index in [2.05, 4.69) is 0 Å². The fourth-order valence-corrected chi connectivity index (χ4v) is 3.73. The van der Waals surface area contributed by atoms with Crippen LogP contribution in [0.3, 0.4) is 0 Å². The second-order valence-corrected chi connectivity index (χ2v) is 6.65. The van der Waals surface area contributed by atoms with E-state index in [0.29, 0.717) is 4.90 Å². The van der Waals surface area contributed by atoms with Crippen LogP contribution in [0.5, 0.6) is 0 Å². The Bertz CT molecular complexity index is 842. The number of para-hydroxylation sites is 2. The summed E-state index contributed by atoms with van der Waals surface area (Å²) in [5.74, 6) is 0. The van der Waals surface area contributed by atoms with E-state index in [4.69, 9.17) is 0 Å². The van der Waals surface area contributed by atoms with Gasteiger partial charge in [0.15, 0.2) is 9.84 Å². The molecule has 96 valence electrons. The number of sulfone groups is 1. The maximum Gasteiger partial charge on any atom is 0.214 e. The second-order valence-electron chi connectivity index (χ2n) is 4.69. The summed E-state index contributed by atoms with van der Waals surface area (Å²) >= 11 is 0. The molecule has 0 bridgehead atoms. The van der Waals surface area contributed by atoms with Gasteiger partial charge in [-0.2, -0.15) is 4.57 Å². The molecule has 0 spiro atoms. The first-order valence-electron chi connectivity index (χ1n) is 5.99. The van der Waals surface area contributed by atoms with Crippen LogP contribution in [0.25, 0.3) is 21.8 Å². The monoisotopic (exact) mass is 272 g/mol. The van der Waals surface area contributed by atoms with Gasteiger partial charge >= 0.3 is 0 Å². The highest BCUT2D eigenvalue weighted by atomic mass is 32.2. The van der Waals surface area contributed by atoms with Crippen molar-refractivity contribution >= 4 is 31.6 Å². The first-order valence-corrected chi connectivity index (χ1v) is 7.89. The molecular weight excluding hydrogens is 258 g/mol. The first-order chi connectivity index (χ1) is 9.00. The van der Waals surface area contributed by atoms with Crippen LogP contribution < -0.4 is 4.57 Å². The molecule has 0 aliphatic carbocycles. The number of nitrogens with zero attached hydrogens (tertiary/aromatic N) is 1. The van der Waals surface area contributed by atoms with E-state index in [0.717, 1.165) is 21.8 Å². The summed E-state index contributed by atoms with van der Waals surface area (Å²) in [4.78, 5) is 0.414. The van der Waals surface area contributed by atoms with E-state index < -0.39 is 9.84 Å². The summed E-state index contributed by atoms with van der Waals surface area (Å²) in [5.41, 5.74) is 1.84. The number of benzene rings is 2. The normalized spacial score (nSPS) is 12.1. The molecule has 1 heterocycles. The third-order valence-electron chi connectivity index (χ3n) is 3.39. The van der Waals surface area contributed by atoms with Crippen LogP contribution in [0.1, 0.15) is 0 Å². The first kappa shape index (κ1) is 12.1. The van der Waals surface area contributed by atoms with Gasteiger partial charge in [0, 0.05) is 18.4 Å². The molecule has 0 saturated heterocycles. The molecule has 2 aromatic carbocycles. The van der Waals surface area contributed by atoms with Crippen molar-refractivity contribution < 1.29 is 13.0 Å².